The van der Waals surface area contributed by atoms with Gasteiger partial charge >= 0.3 is 0 Å². The van der Waals surface area contributed by atoms with Crippen LogP contribution in [0.3, 0.4) is 0 Å². The average Bonchev–Trinajstić information content (AvgIpc) is 2.99. The van der Waals surface area contributed by atoms with Crippen LogP contribution < -0.4 is 10.1 Å². The maximum atomic E-state index is 12.3. The third kappa shape index (κ3) is 5.52. The van der Waals surface area contributed by atoms with Crippen molar-refractivity contribution in [1.29, 1.82) is 0 Å². The van der Waals surface area contributed by atoms with E-state index < -0.39 is 4.92 Å². The number of hydrogen-bond acceptors (Lipinski definition) is 6. The molecule has 0 fully saturated rings. The molecule has 1 aromatic heterocycles. The number of carbonyl (C=O) groups excluding carboxylic acids is 1. The molecule has 2 aromatic rings. The predicted octanol–water partition coefficient (Wildman–Crippen LogP) is 3.89. The van der Waals surface area contributed by atoms with E-state index in [9.17, 15) is 14.9 Å². The standard InChI is InChI=1S/C16H18BrN3O4S/c1-3-19(9-12-5-7-15(17)25-12)10-16(21)18-13-6-4-11(20(22)23)8-14(13)24-2/h4-8H,3,9-10H2,1-2H3,(H,18,21). The van der Waals surface area contributed by atoms with Gasteiger partial charge in [-0.05, 0) is 40.7 Å². The Labute approximate surface area is 157 Å². The number of likely N-dealkylation sites (N-methyl/N-ethyl adjacent to an activating group) is 1. The van der Waals surface area contributed by atoms with E-state index in [1.165, 1.54) is 25.3 Å². The number of rotatable bonds is 8. The lowest BCUT2D eigenvalue weighted by Gasteiger charge is -2.19. The minimum Gasteiger partial charge on any atom is -0.494 e. The minimum absolute atomic E-state index is 0.0895. The van der Waals surface area contributed by atoms with Gasteiger partial charge in [-0.1, -0.05) is 6.92 Å². The quantitative estimate of drug-likeness (QED) is 0.510. The molecule has 0 bridgehead atoms. The summed E-state index contributed by atoms with van der Waals surface area (Å²) < 4.78 is 6.18. The van der Waals surface area contributed by atoms with Crippen molar-refractivity contribution in [3.63, 3.8) is 0 Å². The Balaban J connectivity index is 2.01. The molecule has 0 saturated carbocycles. The van der Waals surface area contributed by atoms with E-state index in [-0.39, 0.29) is 23.9 Å². The van der Waals surface area contributed by atoms with Crippen LogP contribution in [-0.4, -0.2) is 35.9 Å². The zero-order chi connectivity index (χ0) is 18.4. The lowest BCUT2D eigenvalue weighted by atomic mass is 10.2. The topological polar surface area (TPSA) is 84.7 Å². The SMILES string of the molecule is CCN(CC(=O)Nc1ccc([N+](=O)[O-])cc1OC)Cc1ccc(Br)s1. The van der Waals surface area contributed by atoms with Crippen molar-refractivity contribution < 1.29 is 14.5 Å². The van der Waals surface area contributed by atoms with Gasteiger partial charge in [-0.15, -0.1) is 11.3 Å². The number of amides is 1. The fraction of sp³-hybridized carbons (Fsp3) is 0.312. The minimum atomic E-state index is -0.508. The number of ether oxygens (including phenoxy) is 1. The molecule has 1 aromatic carbocycles. The van der Waals surface area contributed by atoms with E-state index in [1.807, 2.05) is 24.0 Å². The normalized spacial score (nSPS) is 10.7. The highest BCUT2D eigenvalue weighted by molar-refractivity contribution is 9.11. The van der Waals surface area contributed by atoms with Gasteiger partial charge in [0.1, 0.15) is 5.75 Å². The number of nitrogens with one attached hydrogen (secondary N) is 1. The first-order chi connectivity index (χ1) is 11.9. The van der Waals surface area contributed by atoms with Crippen LogP contribution in [0, 0.1) is 10.1 Å². The Morgan fingerprint density at radius 1 is 1.40 bits per heavy atom. The summed E-state index contributed by atoms with van der Waals surface area (Å²) in [5.41, 5.74) is 0.321. The van der Waals surface area contributed by atoms with Crippen LogP contribution in [0.15, 0.2) is 34.1 Å². The zero-order valence-corrected chi connectivity index (χ0v) is 16.2. The highest BCUT2D eigenvalue weighted by Gasteiger charge is 2.15. The molecule has 2 rings (SSSR count). The van der Waals surface area contributed by atoms with Crippen LogP contribution in [0.25, 0.3) is 0 Å². The number of carbonyl (C=O) groups is 1. The number of nitrogens with zero attached hydrogens (tertiary/aromatic N) is 2. The number of thiophene rings is 1. The van der Waals surface area contributed by atoms with Crippen LogP contribution in [0.5, 0.6) is 5.75 Å². The fourth-order valence-electron chi connectivity index (χ4n) is 2.23. The van der Waals surface area contributed by atoms with Gasteiger partial charge in [0.15, 0.2) is 0 Å². The summed E-state index contributed by atoms with van der Waals surface area (Å²) in [6.07, 6.45) is 0. The van der Waals surface area contributed by atoms with Crippen molar-refractivity contribution in [2.45, 2.75) is 13.5 Å². The van der Waals surface area contributed by atoms with Gasteiger partial charge < -0.3 is 10.1 Å². The number of nitro benzene ring substituents is 1. The first kappa shape index (κ1) is 19.4. The van der Waals surface area contributed by atoms with Crippen molar-refractivity contribution in [2.75, 3.05) is 25.5 Å². The first-order valence-corrected chi connectivity index (χ1v) is 9.12. The third-order valence-corrected chi connectivity index (χ3v) is 5.10. The molecule has 0 atom stereocenters. The van der Waals surface area contributed by atoms with E-state index in [1.54, 1.807) is 11.3 Å². The van der Waals surface area contributed by atoms with Gasteiger partial charge in [0, 0.05) is 17.5 Å². The molecule has 1 amide bonds. The monoisotopic (exact) mass is 427 g/mol. The molecular formula is C16H18BrN3O4S. The summed E-state index contributed by atoms with van der Waals surface area (Å²) in [6.45, 7) is 3.60. The molecule has 0 radical (unpaired) electrons. The van der Waals surface area contributed by atoms with Crippen molar-refractivity contribution in [3.05, 3.63) is 49.1 Å². The second-order valence-electron chi connectivity index (χ2n) is 5.20. The predicted molar refractivity (Wildman–Crippen MR) is 101 cm³/mol. The molecule has 134 valence electrons. The highest BCUT2D eigenvalue weighted by atomic mass is 79.9. The Kier molecular flexibility index (Phi) is 6.91. The second-order valence-corrected chi connectivity index (χ2v) is 7.75. The van der Waals surface area contributed by atoms with Crippen molar-refractivity contribution >= 4 is 44.5 Å². The van der Waals surface area contributed by atoms with Crippen molar-refractivity contribution in [1.82, 2.24) is 4.90 Å². The summed E-state index contributed by atoms with van der Waals surface area (Å²) in [6, 6.07) is 8.10. The fourth-order valence-corrected chi connectivity index (χ4v) is 3.75. The second kappa shape index (κ2) is 8.93. The Bertz CT molecular complexity index is 766. The van der Waals surface area contributed by atoms with Gasteiger partial charge in [0.05, 0.1) is 34.1 Å². The van der Waals surface area contributed by atoms with Crippen molar-refractivity contribution in [2.24, 2.45) is 0 Å². The number of non-ortho nitro benzene ring substituents is 1. The van der Waals surface area contributed by atoms with E-state index in [0.29, 0.717) is 12.2 Å². The van der Waals surface area contributed by atoms with E-state index in [4.69, 9.17) is 4.74 Å². The molecule has 1 heterocycles. The molecule has 0 aliphatic carbocycles. The van der Waals surface area contributed by atoms with Gasteiger partial charge in [-0.3, -0.25) is 19.8 Å². The largest absolute Gasteiger partial charge is 0.494 e. The van der Waals surface area contributed by atoms with Crippen LogP contribution in [0.4, 0.5) is 11.4 Å². The van der Waals surface area contributed by atoms with Crippen LogP contribution in [0.1, 0.15) is 11.8 Å². The number of nitro groups is 1. The summed E-state index contributed by atoms with van der Waals surface area (Å²) in [5.74, 6) is 0.0532. The molecular weight excluding hydrogens is 410 g/mol. The molecule has 0 aliphatic rings. The molecule has 0 spiro atoms. The number of hydrogen-bond donors (Lipinski definition) is 1. The van der Waals surface area contributed by atoms with Crippen LogP contribution >= 0.6 is 27.3 Å². The summed E-state index contributed by atoms with van der Waals surface area (Å²) in [4.78, 5) is 25.8. The summed E-state index contributed by atoms with van der Waals surface area (Å²) in [5, 5.41) is 13.6. The smallest absolute Gasteiger partial charge is 0.273 e. The Hall–Kier alpha value is -1.97. The maximum Gasteiger partial charge on any atom is 0.273 e. The Morgan fingerprint density at radius 2 is 2.16 bits per heavy atom. The van der Waals surface area contributed by atoms with Gasteiger partial charge in [-0.2, -0.15) is 0 Å². The number of anilines is 1. The number of benzene rings is 1. The first-order valence-electron chi connectivity index (χ1n) is 7.51. The van der Waals surface area contributed by atoms with Gasteiger partial charge in [0.25, 0.3) is 5.69 Å². The van der Waals surface area contributed by atoms with Gasteiger partial charge in [0.2, 0.25) is 5.91 Å². The Morgan fingerprint density at radius 3 is 2.72 bits per heavy atom. The summed E-state index contributed by atoms with van der Waals surface area (Å²) in [7, 11) is 1.40. The molecule has 1 N–H and O–H groups in total. The molecule has 0 aliphatic heterocycles. The van der Waals surface area contributed by atoms with Crippen LogP contribution in [0.2, 0.25) is 0 Å². The zero-order valence-electron chi connectivity index (χ0n) is 13.8. The average molecular weight is 428 g/mol. The van der Waals surface area contributed by atoms with E-state index in [0.717, 1.165) is 15.2 Å². The van der Waals surface area contributed by atoms with Gasteiger partial charge in [-0.25, -0.2) is 0 Å². The molecule has 25 heavy (non-hydrogen) atoms. The van der Waals surface area contributed by atoms with Crippen LogP contribution in [-0.2, 0) is 11.3 Å². The molecule has 7 nitrogen and oxygen atoms in total. The lowest BCUT2D eigenvalue weighted by Crippen LogP contribution is -2.32. The number of halogens is 1. The molecule has 9 heteroatoms. The third-order valence-electron chi connectivity index (χ3n) is 3.49. The summed E-state index contributed by atoms with van der Waals surface area (Å²) >= 11 is 5.06. The van der Waals surface area contributed by atoms with E-state index in [2.05, 4.69) is 21.2 Å². The van der Waals surface area contributed by atoms with E-state index >= 15 is 0 Å². The van der Waals surface area contributed by atoms with Crippen molar-refractivity contribution in [3.8, 4) is 5.75 Å². The lowest BCUT2D eigenvalue weighted by molar-refractivity contribution is -0.384. The number of methoxy groups -OCH3 is 1. The highest BCUT2D eigenvalue weighted by Crippen LogP contribution is 2.29. The molecule has 0 unspecified atom stereocenters. The molecule has 0 saturated heterocycles. The maximum absolute atomic E-state index is 12.3.